The molecular formula is C34H34N2O9. The van der Waals surface area contributed by atoms with Gasteiger partial charge >= 0.3 is 0 Å². The number of carbonyl (C=O) groups excluding carboxylic acids is 2. The number of phenolic OH excluding ortho intramolecular Hbond substituents is 6. The van der Waals surface area contributed by atoms with Gasteiger partial charge in [0, 0.05) is 19.0 Å². The Bertz CT molecular complexity index is 1690. The summed E-state index contributed by atoms with van der Waals surface area (Å²) in [4.78, 5) is 27.9. The van der Waals surface area contributed by atoms with Crippen molar-refractivity contribution in [3.05, 3.63) is 107 Å². The maximum atomic E-state index is 14.0. The van der Waals surface area contributed by atoms with Gasteiger partial charge in [-0.1, -0.05) is 30.3 Å². The van der Waals surface area contributed by atoms with E-state index in [4.69, 9.17) is 0 Å². The number of fused-ring (bicyclic) bond motifs is 1. The van der Waals surface area contributed by atoms with Crippen LogP contribution in [0.4, 0.5) is 0 Å². The molecule has 0 radical (unpaired) electrons. The van der Waals surface area contributed by atoms with E-state index in [2.05, 4.69) is 10.6 Å². The second-order valence-corrected chi connectivity index (χ2v) is 11.1. The normalized spacial score (nSPS) is 19.0. The molecule has 0 saturated carbocycles. The molecule has 11 nitrogen and oxygen atoms in total. The fourth-order valence-corrected chi connectivity index (χ4v) is 5.89. The molecule has 0 heterocycles. The van der Waals surface area contributed by atoms with Crippen molar-refractivity contribution in [2.45, 2.75) is 24.9 Å². The van der Waals surface area contributed by atoms with Crippen molar-refractivity contribution >= 4 is 11.8 Å². The predicted molar refractivity (Wildman–Crippen MR) is 163 cm³/mol. The van der Waals surface area contributed by atoms with Crippen LogP contribution in [0, 0.1) is 11.8 Å². The number of nitrogens with one attached hydrogen (secondary N) is 2. The molecule has 0 spiro atoms. The lowest BCUT2D eigenvalue weighted by Gasteiger charge is -2.41. The van der Waals surface area contributed by atoms with E-state index in [9.17, 15) is 45.3 Å². The maximum Gasteiger partial charge on any atom is 0.226 e. The summed E-state index contributed by atoms with van der Waals surface area (Å²) in [6, 6.07) is 19.3. The van der Waals surface area contributed by atoms with Crippen LogP contribution >= 0.6 is 0 Å². The number of phenols is 6. The summed E-state index contributed by atoms with van der Waals surface area (Å²) < 4.78 is 0. The van der Waals surface area contributed by atoms with Crippen molar-refractivity contribution in [3.8, 4) is 34.5 Å². The first kappa shape index (κ1) is 31.0. The van der Waals surface area contributed by atoms with Crippen LogP contribution in [0.5, 0.6) is 34.5 Å². The second-order valence-electron chi connectivity index (χ2n) is 11.1. The molecule has 0 saturated heterocycles. The van der Waals surface area contributed by atoms with Gasteiger partial charge in [-0.15, -0.1) is 0 Å². The van der Waals surface area contributed by atoms with E-state index in [0.717, 1.165) is 17.2 Å². The molecule has 0 unspecified atom stereocenters. The molecule has 2 amide bonds. The Morgan fingerprint density at radius 3 is 1.53 bits per heavy atom. The van der Waals surface area contributed by atoms with Gasteiger partial charge in [-0.05, 0) is 89.2 Å². The Hall–Kier alpha value is -5.42. The molecule has 1 aliphatic carbocycles. The van der Waals surface area contributed by atoms with Crippen LogP contribution in [0.25, 0.3) is 0 Å². The Balaban J connectivity index is 1.51. The Kier molecular flexibility index (Phi) is 9.01. The van der Waals surface area contributed by atoms with Crippen LogP contribution in [0.1, 0.15) is 39.8 Å². The fourth-order valence-electron chi connectivity index (χ4n) is 5.89. The lowest BCUT2D eigenvalue weighted by molar-refractivity contribution is -0.141. The topological polar surface area (TPSA) is 200 Å². The fraction of sp³-hybridized carbons (Fsp3) is 0.235. The molecule has 5 rings (SSSR count). The zero-order chi connectivity index (χ0) is 32.2. The minimum absolute atomic E-state index is 0.103. The van der Waals surface area contributed by atoms with Gasteiger partial charge in [-0.2, -0.15) is 0 Å². The molecule has 234 valence electrons. The Labute approximate surface area is 258 Å². The lowest BCUT2D eigenvalue weighted by atomic mass is 9.64. The third-order valence-electron chi connectivity index (χ3n) is 8.18. The van der Waals surface area contributed by atoms with Crippen LogP contribution in [0.15, 0.2) is 78.9 Å². The van der Waals surface area contributed by atoms with Gasteiger partial charge in [-0.3, -0.25) is 9.59 Å². The summed E-state index contributed by atoms with van der Waals surface area (Å²) in [6.07, 6.45) is -0.755. The minimum atomic E-state index is -1.56. The van der Waals surface area contributed by atoms with Crippen molar-refractivity contribution in [2.75, 3.05) is 13.1 Å². The molecule has 4 aromatic carbocycles. The van der Waals surface area contributed by atoms with Crippen molar-refractivity contribution < 1.29 is 45.3 Å². The Morgan fingerprint density at radius 1 is 0.556 bits per heavy atom. The maximum absolute atomic E-state index is 14.0. The van der Waals surface area contributed by atoms with Crippen LogP contribution in [-0.2, 0) is 22.4 Å². The number of aliphatic hydroxyl groups excluding tert-OH is 1. The molecule has 45 heavy (non-hydrogen) atoms. The van der Waals surface area contributed by atoms with Gasteiger partial charge in [0.15, 0.2) is 23.0 Å². The molecule has 9 N–H and O–H groups in total. The number of amides is 2. The van der Waals surface area contributed by atoms with E-state index in [1.165, 1.54) is 48.5 Å². The number of carbonyl (C=O) groups is 2. The molecule has 0 aromatic heterocycles. The summed E-state index contributed by atoms with van der Waals surface area (Å²) in [5, 5.41) is 77.4. The molecule has 4 atom stereocenters. The van der Waals surface area contributed by atoms with E-state index in [1.54, 1.807) is 24.3 Å². The monoisotopic (exact) mass is 614 g/mol. The standard InChI is InChI=1S/C34H34N2O9/c37-21-6-1-18(2-7-21)11-13-35-33(44)30-29(20-5-10-25(39)26(40)15-20)23-16-27(41)28(42)17-24(23)32(43)31(30)34(45)36-14-12-19-3-8-22(38)9-4-19/h1-10,15-17,29-32,37-43H,11-14H2,(H,35,44)(H,36,45)/t29-,30+,31-,32-/m1/s1. The van der Waals surface area contributed by atoms with Gasteiger partial charge in [0.25, 0.3) is 0 Å². The third kappa shape index (κ3) is 6.73. The minimum Gasteiger partial charge on any atom is -0.508 e. The highest BCUT2D eigenvalue weighted by molar-refractivity contribution is 5.90. The van der Waals surface area contributed by atoms with Crippen molar-refractivity contribution in [1.82, 2.24) is 10.6 Å². The summed E-state index contributed by atoms with van der Waals surface area (Å²) in [7, 11) is 0. The second kappa shape index (κ2) is 13.1. The van der Waals surface area contributed by atoms with E-state index in [0.29, 0.717) is 18.4 Å². The predicted octanol–water partition coefficient (Wildman–Crippen LogP) is 3.05. The number of rotatable bonds is 9. The molecule has 11 heteroatoms. The average Bonchev–Trinajstić information content (AvgIpc) is 3.01. The van der Waals surface area contributed by atoms with Crippen molar-refractivity contribution in [3.63, 3.8) is 0 Å². The van der Waals surface area contributed by atoms with Crippen LogP contribution in [0.3, 0.4) is 0 Å². The van der Waals surface area contributed by atoms with Gasteiger partial charge < -0.3 is 46.4 Å². The molecule has 0 fully saturated rings. The zero-order valence-corrected chi connectivity index (χ0v) is 24.1. The van der Waals surface area contributed by atoms with E-state index >= 15 is 0 Å². The number of hydrogen-bond donors (Lipinski definition) is 9. The van der Waals surface area contributed by atoms with Crippen molar-refractivity contribution in [2.24, 2.45) is 11.8 Å². The van der Waals surface area contributed by atoms with Gasteiger partial charge in [0.05, 0.1) is 17.9 Å². The molecule has 0 aliphatic heterocycles. The highest BCUT2D eigenvalue weighted by atomic mass is 16.3. The van der Waals surface area contributed by atoms with Gasteiger partial charge in [0.2, 0.25) is 11.8 Å². The molecule has 1 aliphatic rings. The van der Waals surface area contributed by atoms with Gasteiger partial charge in [0.1, 0.15) is 11.5 Å². The van der Waals surface area contributed by atoms with Crippen LogP contribution in [0.2, 0.25) is 0 Å². The van der Waals surface area contributed by atoms with E-state index in [1.807, 2.05) is 0 Å². The molecule has 4 aromatic rings. The summed E-state index contributed by atoms with van der Waals surface area (Å²) in [5.74, 6) is -6.52. The van der Waals surface area contributed by atoms with E-state index in [-0.39, 0.29) is 35.7 Å². The van der Waals surface area contributed by atoms with Gasteiger partial charge in [-0.25, -0.2) is 0 Å². The summed E-state index contributed by atoms with van der Waals surface area (Å²) in [6.45, 7) is 0.312. The first-order valence-corrected chi connectivity index (χ1v) is 14.4. The largest absolute Gasteiger partial charge is 0.508 e. The quantitative estimate of drug-likeness (QED) is 0.127. The molecular weight excluding hydrogens is 580 g/mol. The van der Waals surface area contributed by atoms with Crippen LogP contribution in [-0.4, -0.2) is 60.6 Å². The van der Waals surface area contributed by atoms with E-state index < -0.39 is 58.7 Å². The van der Waals surface area contributed by atoms with Crippen molar-refractivity contribution in [1.29, 1.82) is 0 Å². The first-order chi connectivity index (χ1) is 21.5. The first-order valence-electron chi connectivity index (χ1n) is 14.4. The Morgan fingerprint density at radius 2 is 1.02 bits per heavy atom. The number of aliphatic hydroxyl groups is 1. The number of hydrogen-bond acceptors (Lipinski definition) is 9. The SMILES string of the molecule is O=C(NCCc1ccc(O)cc1)[C@@H]1[C@@H](C(=O)NCCc2ccc(O)cc2)[C@H](c2ccc(O)c(O)c2)c2cc(O)c(O)cc2[C@H]1O. The average molecular weight is 615 g/mol. The lowest BCUT2D eigenvalue weighted by Crippen LogP contribution is -2.50. The highest BCUT2D eigenvalue weighted by Crippen LogP contribution is 2.51. The highest BCUT2D eigenvalue weighted by Gasteiger charge is 2.50. The summed E-state index contributed by atoms with van der Waals surface area (Å²) in [5.41, 5.74) is 2.38. The number of aromatic hydroxyl groups is 6. The zero-order valence-electron chi connectivity index (χ0n) is 24.1. The third-order valence-corrected chi connectivity index (χ3v) is 8.18. The van der Waals surface area contributed by atoms with Crippen LogP contribution < -0.4 is 10.6 Å². The number of benzene rings is 4. The smallest absolute Gasteiger partial charge is 0.226 e. The molecule has 0 bridgehead atoms. The summed E-state index contributed by atoms with van der Waals surface area (Å²) >= 11 is 0.